The zero-order valence-corrected chi connectivity index (χ0v) is 15.3. The monoisotopic (exact) mass is 368 g/mol. The summed E-state index contributed by atoms with van der Waals surface area (Å²) in [5.74, 6) is 0.0771. The van der Waals surface area contributed by atoms with Gasteiger partial charge in [-0.15, -0.1) is 0 Å². The van der Waals surface area contributed by atoms with E-state index in [1.165, 1.54) is 0 Å². The van der Waals surface area contributed by atoms with Crippen molar-refractivity contribution in [2.45, 2.75) is 25.7 Å². The Morgan fingerprint density at radius 3 is 2.89 bits per heavy atom. The predicted molar refractivity (Wildman–Crippen MR) is 100 cm³/mol. The summed E-state index contributed by atoms with van der Waals surface area (Å²) >= 11 is 0. The number of rotatable bonds is 3. The van der Waals surface area contributed by atoms with E-state index < -0.39 is 0 Å². The largest absolute Gasteiger partial charge is 0.395 e. The molecule has 0 bridgehead atoms. The zero-order chi connectivity index (χ0) is 18.9. The Kier molecular flexibility index (Phi) is 4.78. The van der Waals surface area contributed by atoms with Gasteiger partial charge in [0.25, 0.3) is 5.91 Å². The van der Waals surface area contributed by atoms with Crippen molar-refractivity contribution in [1.82, 2.24) is 19.8 Å². The fourth-order valence-electron chi connectivity index (χ4n) is 4.48. The highest BCUT2D eigenvalue weighted by Gasteiger charge is 2.42. The van der Waals surface area contributed by atoms with Crippen LogP contribution in [0.5, 0.6) is 0 Å². The normalized spacial score (nSPS) is 23.2. The smallest absolute Gasteiger partial charge is 0.256 e. The number of hydrogen-bond acceptors (Lipinski definition) is 5. The Morgan fingerprint density at radius 2 is 2.04 bits per heavy atom. The van der Waals surface area contributed by atoms with Gasteiger partial charge in [-0.2, -0.15) is 0 Å². The second-order valence-electron chi connectivity index (χ2n) is 7.60. The topological polar surface area (TPSA) is 86.6 Å². The van der Waals surface area contributed by atoms with E-state index in [1.54, 1.807) is 17.3 Å². The number of aromatic nitrogens is 2. The molecular weight excluding hydrogens is 344 g/mol. The molecule has 2 saturated heterocycles. The van der Waals surface area contributed by atoms with Gasteiger partial charge in [-0.05, 0) is 31.4 Å². The van der Waals surface area contributed by atoms with E-state index >= 15 is 0 Å². The van der Waals surface area contributed by atoms with Crippen LogP contribution in [-0.2, 0) is 4.79 Å². The molecule has 27 heavy (non-hydrogen) atoms. The van der Waals surface area contributed by atoms with Crippen molar-refractivity contribution in [3.63, 3.8) is 0 Å². The lowest BCUT2D eigenvalue weighted by atomic mass is 9.73. The van der Waals surface area contributed by atoms with Crippen LogP contribution in [0.25, 0.3) is 11.0 Å². The minimum Gasteiger partial charge on any atom is -0.395 e. The predicted octanol–water partition coefficient (Wildman–Crippen LogP) is 1.47. The van der Waals surface area contributed by atoms with E-state index in [4.69, 9.17) is 0 Å². The van der Waals surface area contributed by atoms with Gasteiger partial charge in [0.05, 0.1) is 17.7 Å². The number of aliphatic hydroxyl groups excluding tert-OH is 1. The minimum atomic E-state index is -0.0761. The Balaban J connectivity index is 1.57. The number of aliphatic hydroxyl groups is 1. The summed E-state index contributed by atoms with van der Waals surface area (Å²) in [7, 11) is 0. The van der Waals surface area contributed by atoms with Crippen LogP contribution in [0.3, 0.4) is 0 Å². The van der Waals surface area contributed by atoms with E-state index in [2.05, 4.69) is 9.97 Å². The average molecular weight is 368 g/mol. The number of amides is 2. The van der Waals surface area contributed by atoms with Crippen molar-refractivity contribution in [2.75, 3.05) is 32.8 Å². The SMILES string of the molecule is O=C1CCC2(CCCN(C(=O)c3cccc4nccnc34)C2)CN1CCO. The molecule has 1 aromatic heterocycles. The van der Waals surface area contributed by atoms with Gasteiger partial charge in [0.1, 0.15) is 5.52 Å². The van der Waals surface area contributed by atoms with Crippen molar-refractivity contribution in [3.8, 4) is 0 Å². The lowest BCUT2D eigenvalue weighted by Crippen LogP contribution is -2.55. The van der Waals surface area contributed by atoms with Crippen LogP contribution in [0.1, 0.15) is 36.0 Å². The van der Waals surface area contributed by atoms with Crippen molar-refractivity contribution in [2.24, 2.45) is 5.41 Å². The second-order valence-corrected chi connectivity index (χ2v) is 7.60. The number of para-hydroxylation sites is 1. The van der Waals surface area contributed by atoms with Crippen LogP contribution < -0.4 is 0 Å². The highest BCUT2D eigenvalue weighted by Crippen LogP contribution is 2.39. The molecule has 7 nitrogen and oxygen atoms in total. The maximum Gasteiger partial charge on any atom is 0.256 e. The van der Waals surface area contributed by atoms with Gasteiger partial charge in [0.2, 0.25) is 5.91 Å². The van der Waals surface area contributed by atoms with Gasteiger partial charge >= 0.3 is 0 Å². The maximum absolute atomic E-state index is 13.2. The lowest BCUT2D eigenvalue weighted by Gasteiger charge is -2.48. The first kappa shape index (κ1) is 17.9. The van der Waals surface area contributed by atoms with Gasteiger partial charge in [-0.1, -0.05) is 6.07 Å². The highest BCUT2D eigenvalue weighted by atomic mass is 16.3. The average Bonchev–Trinajstić information content (AvgIpc) is 2.70. The number of likely N-dealkylation sites (tertiary alicyclic amines) is 2. The molecule has 1 atom stereocenters. The Bertz CT molecular complexity index is 866. The van der Waals surface area contributed by atoms with Crippen LogP contribution in [-0.4, -0.2) is 69.5 Å². The fraction of sp³-hybridized carbons (Fsp3) is 0.500. The molecule has 1 unspecified atom stereocenters. The van der Waals surface area contributed by atoms with E-state index in [1.807, 2.05) is 23.1 Å². The quantitative estimate of drug-likeness (QED) is 0.886. The maximum atomic E-state index is 13.2. The van der Waals surface area contributed by atoms with Gasteiger partial charge in [-0.3, -0.25) is 19.6 Å². The van der Waals surface area contributed by atoms with Crippen LogP contribution in [0.15, 0.2) is 30.6 Å². The number of piperidine rings is 2. The first-order chi connectivity index (χ1) is 13.1. The number of hydrogen-bond donors (Lipinski definition) is 1. The molecule has 1 aromatic carbocycles. The summed E-state index contributed by atoms with van der Waals surface area (Å²) < 4.78 is 0. The number of fused-ring (bicyclic) bond motifs is 1. The third-order valence-corrected chi connectivity index (χ3v) is 5.80. The molecule has 2 fully saturated rings. The van der Waals surface area contributed by atoms with E-state index in [-0.39, 0.29) is 23.8 Å². The second kappa shape index (κ2) is 7.23. The summed E-state index contributed by atoms with van der Waals surface area (Å²) in [6, 6.07) is 5.51. The van der Waals surface area contributed by atoms with Gasteiger partial charge in [-0.25, -0.2) is 0 Å². The third kappa shape index (κ3) is 3.39. The molecule has 4 rings (SSSR count). The summed E-state index contributed by atoms with van der Waals surface area (Å²) in [5, 5.41) is 9.24. The first-order valence-corrected chi connectivity index (χ1v) is 9.50. The number of carbonyl (C=O) groups is 2. The van der Waals surface area contributed by atoms with Gasteiger partial charge in [0.15, 0.2) is 0 Å². The standard InChI is InChI=1S/C20H24N4O3/c25-12-11-23-13-20(7-5-17(23)26)6-2-10-24(14-20)19(27)15-3-1-4-16-18(15)22-9-8-21-16/h1,3-4,8-9,25H,2,5-7,10-14H2. The lowest BCUT2D eigenvalue weighted by molar-refractivity contribution is -0.139. The van der Waals surface area contributed by atoms with Crippen molar-refractivity contribution < 1.29 is 14.7 Å². The Morgan fingerprint density at radius 1 is 1.19 bits per heavy atom. The number of benzene rings is 1. The molecule has 2 amide bonds. The zero-order valence-electron chi connectivity index (χ0n) is 15.3. The highest BCUT2D eigenvalue weighted by molar-refractivity contribution is 6.04. The third-order valence-electron chi connectivity index (χ3n) is 5.80. The van der Waals surface area contributed by atoms with Gasteiger partial charge in [0, 0.05) is 50.4 Å². The molecule has 7 heteroatoms. The summed E-state index contributed by atoms with van der Waals surface area (Å²) in [4.78, 5) is 37.7. The Hall–Kier alpha value is -2.54. The molecule has 2 aliphatic rings. The van der Waals surface area contributed by atoms with Crippen LogP contribution >= 0.6 is 0 Å². The molecular formula is C20H24N4O3. The molecule has 1 spiro atoms. The van der Waals surface area contributed by atoms with Gasteiger partial charge < -0.3 is 14.9 Å². The molecule has 0 radical (unpaired) electrons. The molecule has 3 heterocycles. The van der Waals surface area contributed by atoms with Crippen LogP contribution in [0.4, 0.5) is 0 Å². The molecule has 2 aliphatic heterocycles. The number of β-amino-alcohol motifs (C(OH)–C–C–N with tert-alkyl or cyclic N) is 1. The summed E-state index contributed by atoms with van der Waals surface area (Å²) in [5.41, 5.74) is 1.85. The first-order valence-electron chi connectivity index (χ1n) is 9.50. The molecule has 2 aromatic rings. The van der Waals surface area contributed by atoms with Crippen molar-refractivity contribution in [1.29, 1.82) is 0 Å². The molecule has 1 N–H and O–H groups in total. The van der Waals surface area contributed by atoms with E-state index in [9.17, 15) is 14.7 Å². The Labute approximate surface area is 158 Å². The molecule has 142 valence electrons. The molecule has 0 aliphatic carbocycles. The van der Waals surface area contributed by atoms with E-state index in [0.29, 0.717) is 49.2 Å². The van der Waals surface area contributed by atoms with Crippen LogP contribution in [0, 0.1) is 5.41 Å². The fourth-order valence-corrected chi connectivity index (χ4v) is 4.48. The number of carbonyl (C=O) groups excluding carboxylic acids is 2. The van der Waals surface area contributed by atoms with Crippen LogP contribution in [0.2, 0.25) is 0 Å². The molecule has 0 saturated carbocycles. The number of nitrogens with zero attached hydrogens (tertiary/aromatic N) is 4. The summed E-state index contributed by atoms with van der Waals surface area (Å²) in [6.45, 7) is 2.31. The van der Waals surface area contributed by atoms with E-state index in [0.717, 1.165) is 19.3 Å². The van der Waals surface area contributed by atoms with Crippen molar-refractivity contribution >= 4 is 22.8 Å². The van der Waals surface area contributed by atoms with Crippen molar-refractivity contribution in [3.05, 3.63) is 36.2 Å². The summed E-state index contributed by atoms with van der Waals surface area (Å²) in [6.07, 6.45) is 6.44. The minimum absolute atomic E-state index is 0.0224.